The highest BCUT2D eigenvalue weighted by molar-refractivity contribution is 6.25. The van der Waals surface area contributed by atoms with E-state index >= 15 is 0 Å². The first kappa shape index (κ1) is 27.3. The Bertz CT molecular complexity index is 2730. The van der Waals surface area contributed by atoms with Crippen LogP contribution >= 0.6 is 0 Å². The van der Waals surface area contributed by atoms with Gasteiger partial charge in [-0.25, -0.2) is 0 Å². The maximum absolute atomic E-state index is 10.9. The maximum atomic E-state index is 10.9. The number of phenolic OH excluding ortho intramolecular Hbond substituents is 2. The molecule has 230 valence electrons. The predicted molar refractivity (Wildman–Crippen MR) is 198 cm³/mol. The van der Waals surface area contributed by atoms with Gasteiger partial charge in [-0.15, -0.1) is 0 Å². The molecule has 9 aromatic rings. The van der Waals surface area contributed by atoms with Crippen LogP contribution in [0.1, 0.15) is 48.6 Å². The molecule has 10 rings (SSSR count). The number of fused-ring (bicyclic) bond motifs is 10. The van der Waals surface area contributed by atoms with Crippen LogP contribution in [0.4, 0.5) is 0 Å². The molecule has 2 aromatic heterocycles. The van der Waals surface area contributed by atoms with Crippen molar-refractivity contribution in [3.63, 3.8) is 0 Å². The van der Waals surface area contributed by atoms with Crippen LogP contribution < -0.4 is 0 Å². The number of hydrogen-bond acceptors (Lipinski definition) is 2. The highest BCUT2D eigenvalue weighted by Gasteiger charge is 2.46. The Labute approximate surface area is 278 Å². The Morgan fingerprint density at radius 1 is 0.500 bits per heavy atom. The van der Waals surface area contributed by atoms with Gasteiger partial charge in [-0.05, 0) is 116 Å². The summed E-state index contributed by atoms with van der Waals surface area (Å²) in [7, 11) is 0. The third-order valence-electron chi connectivity index (χ3n) is 10.8. The fraction of sp³-hybridized carbons (Fsp3) is 0.111. The topological polar surface area (TPSA) is 44.9 Å². The van der Waals surface area contributed by atoms with E-state index in [-0.39, 0.29) is 16.9 Å². The van der Waals surface area contributed by atoms with Gasteiger partial charge in [-0.2, -0.15) is 0 Å². The largest absolute Gasteiger partial charge is 0.508 e. The summed E-state index contributed by atoms with van der Waals surface area (Å²) in [5, 5.41) is 28.7. The fourth-order valence-corrected chi connectivity index (χ4v) is 8.68. The molecule has 0 saturated heterocycles. The molecule has 0 unspecified atom stereocenters. The van der Waals surface area contributed by atoms with Gasteiger partial charge in [-0.1, -0.05) is 87.5 Å². The SMILES string of the molecule is CC(C)(C)c1cc2c3ccc(O)cc3n3c4cc5cc6c(cc5cc4c(c1)c23)-c1ccc(O)cc1C6(c1ccccc1)c1ccccc1. The van der Waals surface area contributed by atoms with Crippen molar-refractivity contribution >= 4 is 48.9 Å². The van der Waals surface area contributed by atoms with E-state index in [0.29, 0.717) is 0 Å². The molecule has 2 heterocycles. The maximum Gasteiger partial charge on any atom is 0.117 e. The van der Waals surface area contributed by atoms with E-state index in [1.165, 1.54) is 43.8 Å². The van der Waals surface area contributed by atoms with Crippen LogP contribution in [0.2, 0.25) is 0 Å². The number of aromatic hydroxyl groups is 2. The molecule has 0 atom stereocenters. The van der Waals surface area contributed by atoms with Crippen molar-refractivity contribution in [2.24, 2.45) is 0 Å². The Balaban J connectivity index is 1.37. The van der Waals surface area contributed by atoms with Gasteiger partial charge in [-0.3, -0.25) is 0 Å². The number of hydrogen-bond donors (Lipinski definition) is 2. The van der Waals surface area contributed by atoms with E-state index in [2.05, 4.69) is 134 Å². The lowest BCUT2D eigenvalue weighted by Crippen LogP contribution is -2.28. The second-order valence-electron chi connectivity index (χ2n) is 14.5. The van der Waals surface area contributed by atoms with Gasteiger partial charge in [0.25, 0.3) is 0 Å². The number of aromatic nitrogens is 1. The van der Waals surface area contributed by atoms with Crippen molar-refractivity contribution in [3.8, 4) is 22.6 Å². The molecule has 7 aromatic carbocycles. The minimum Gasteiger partial charge on any atom is -0.508 e. The van der Waals surface area contributed by atoms with Crippen LogP contribution in [0.25, 0.3) is 60.0 Å². The molecule has 1 aliphatic rings. The smallest absolute Gasteiger partial charge is 0.117 e. The zero-order valence-corrected chi connectivity index (χ0v) is 27.0. The minimum atomic E-state index is -0.608. The van der Waals surface area contributed by atoms with Gasteiger partial charge in [0.15, 0.2) is 0 Å². The van der Waals surface area contributed by atoms with Crippen molar-refractivity contribution in [2.45, 2.75) is 31.6 Å². The lowest BCUT2D eigenvalue weighted by molar-refractivity contribution is 0.474. The van der Waals surface area contributed by atoms with Gasteiger partial charge >= 0.3 is 0 Å². The normalized spacial score (nSPS) is 14.1. The summed E-state index contributed by atoms with van der Waals surface area (Å²) in [6.45, 7) is 6.81. The average Bonchev–Trinajstić information content (AvgIpc) is 3.68. The van der Waals surface area contributed by atoms with Gasteiger partial charge in [0, 0.05) is 27.6 Å². The van der Waals surface area contributed by atoms with E-state index in [1.807, 2.05) is 18.2 Å². The summed E-state index contributed by atoms with van der Waals surface area (Å²) >= 11 is 0. The second-order valence-corrected chi connectivity index (χ2v) is 14.5. The zero-order chi connectivity index (χ0) is 32.5. The molecule has 0 aliphatic heterocycles. The van der Waals surface area contributed by atoms with Gasteiger partial charge in [0.2, 0.25) is 0 Å². The van der Waals surface area contributed by atoms with E-state index < -0.39 is 5.41 Å². The molecular weight excluding hydrogens is 587 g/mol. The number of rotatable bonds is 2. The number of nitrogens with zero attached hydrogens (tertiary/aromatic N) is 1. The van der Waals surface area contributed by atoms with Crippen molar-refractivity contribution in [2.75, 3.05) is 0 Å². The van der Waals surface area contributed by atoms with E-state index in [0.717, 1.165) is 44.1 Å². The molecule has 0 radical (unpaired) electrons. The highest BCUT2D eigenvalue weighted by atomic mass is 16.3. The van der Waals surface area contributed by atoms with Crippen molar-refractivity contribution < 1.29 is 10.2 Å². The molecule has 1 aliphatic carbocycles. The van der Waals surface area contributed by atoms with Gasteiger partial charge < -0.3 is 14.6 Å². The van der Waals surface area contributed by atoms with Crippen LogP contribution in [-0.2, 0) is 10.8 Å². The molecule has 0 fully saturated rings. The summed E-state index contributed by atoms with van der Waals surface area (Å²) in [6.07, 6.45) is 0. The van der Waals surface area contributed by atoms with Crippen molar-refractivity contribution in [1.82, 2.24) is 4.40 Å². The summed E-state index contributed by atoms with van der Waals surface area (Å²) < 4.78 is 2.35. The van der Waals surface area contributed by atoms with E-state index in [9.17, 15) is 10.2 Å². The summed E-state index contributed by atoms with van der Waals surface area (Å²) in [5.41, 5.74) is 11.0. The molecule has 48 heavy (non-hydrogen) atoms. The van der Waals surface area contributed by atoms with Gasteiger partial charge in [0.05, 0.1) is 22.0 Å². The number of benzene rings is 7. The van der Waals surface area contributed by atoms with Crippen LogP contribution in [0.15, 0.2) is 133 Å². The van der Waals surface area contributed by atoms with Gasteiger partial charge in [0.1, 0.15) is 11.5 Å². The Morgan fingerprint density at radius 3 is 1.77 bits per heavy atom. The zero-order valence-electron chi connectivity index (χ0n) is 27.0. The molecule has 2 N–H and O–H groups in total. The highest BCUT2D eigenvalue weighted by Crippen LogP contribution is 2.58. The van der Waals surface area contributed by atoms with Crippen LogP contribution in [0.3, 0.4) is 0 Å². The molecule has 0 spiro atoms. The van der Waals surface area contributed by atoms with Crippen molar-refractivity contribution in [1.29, 1.82) is 0 Å². The summed E-state index contributed by atoms with van der Waals surface area (Å²) in [4.78, 5) is 0. The van der Waals surface area contributed by atoms with Crippen LogP contribution in [0, 0.1) is 0 Å². The number of phenols is 2. The lowest BCUT2D eigenvalue weighted by atomic mass is 9.67. The Kier molecular flexibility index (Phi) is 5.22. The minimum absolute atomic E-state index is 0.0239. The molecule has 0 amide bonds. The first-order chi connectivity index (χ1) is 23.2. The second kappa shape index (κ2) is 9.17. The van der Waals surface area contributed by atoms with Crippen LogP contribution in [-0.4, -0.2) is 14.6 Å². The average molecular weight is 620 g/mol. The summed E-state index contributed by atoms with van der Waals surface area (Å²) in [6, 6.07) is 47.1. The predicted octanol–water partition coefficient (Wildman–Crippen LogP) is 11.1. The van der Waals surface area contributed by atoms with Crippen LogP contribution in [0.5, 0.6) is 11.5 Å². The third-order valence-corrected chi connectivity index (χ3v) is 10.8. The third kappa shape index (κ3) is 3.43. The van der Waals surface area contributed by atoms with E-state index in [4.69, 9.17) is 0 Å². The lowest BCUT2D eigenvalue weighted by Gasteiger charge is -2.34. The Morgan fingerprint density at radius 2 is 1.08 bits per heavy atom. The molecule has 0 saturated carbocycles. The molecule has 3 heteroatoms. The Hall–Kier alpha value is -5.80. The summed E-state index contributed by atoms with van der Waals surface area (Å²) in [5.74, 6) is 0.530. The molecule has 0 bridgehead atoms. The first-order valence-electron chi connectivity index (χ1n) is 16.6. The monoisotopic (exact) mass is 619 g/mol. The molecular formula is C45H33NO2. The standard InChI is InChI=1S/C45H33NO2/c1-44(2,3)30-22-37-34-17-15-32(48)25-42(34)46-41-21-27-20-39-35(18-26(27)19-36(41)38(23-30)43(37)46)33-16-14-31(47)24-40(33)45(39,28-10-6-4-7-11-28)29-12-8-5-9-13-29/h4-25,47-48H,1-3H3. The van der Waals surface area contributed by atoms with Crippen molar-refractivity contribution in [3.05, 3.63) is 161 Å². The van der Waals surface area contributed by atoms with E-state index in [1.54, 1.807) is 6.07 Å². The fourth-order valence-electron chi connectivity index (χ4n) is 8.68. The first-order valence-corrected chi connectivity index (χ1v) is 16.6. The molecule has 3 nitrogen and oxygen atoms in total. The quantitative estimate of drug-likeness (QED) is 0.202.